The third-order valence-corrected chi connectivity index (χ3v) is 4.36. The van der Waals surface area contributed by atoms with Gasteiger partial charge in [-0.2, -0.15) is 4.68 Å². The number of rotatable bonds is 9. The van der Waals surface area contributed by atoms with Crippen molar-refractivity contribution in [2.45, 2.75) is 26.9 Å². The maximum atomic E-state index is 12.8. The van der Waals surface area contributed by atoms with Crippen LogP contribution in [-0.4, -0.2) is 36.1 Å². The van der Waals surface area contributed by atoms with Gasteiger partial charge in [-0.15, -0.1) is 15.3 Å². The van der Waals surface area contributed by atoms with E-state index in [1.165, 1.54) is 34.1 Å². The van der Waals surface area contributed by atoms with Gasteiger partial charge in [-0.1, -0.05) is 11.8 Å². The number of primary amides is 1. The number of alkyl halides is 2. The Labute approximate surface area is 182 Å². The van der Waals surface area contributed by atoms with Crippen molar-refractivity contribution >= 4 is 11.7 Å². The lowest BCUT2D eigenvalue weighted by atomic mass is 10.3. The Morgan fingerprint density at radius 2 is 2.06 bits per heavy atom. The summed E-state index contributed by atoms with van der Waals surface area (Å²) in [6, 6.07) is 5.92. The average Bonchev–Trinajstić information content (AvgIpc) is 3.16. The standard InChI is InChI=1S/C20H20F2N8O2/c1-4-29(10-12(2)20(23)31)17-7-8-18(27-26-17)32-11-15-13(3)25-28-30(15)16-6-5-14(9-24-16)19(21)22/h4-10,19H,1,11H2,2-3H3,(H2,23,31)/b12-10+. The van der Waals surface area contributed by atoms with E-state index in [0.717, 1.165) is 6.20 Å². The molecule has 0 unspecified atom stereocenters. The number of nitrogens with zero attached hydrogens (tertiary/aromatic N) is 7. The molecule has 0 aliphatic heterocycles. The Kier molecular flexibility index (Phi) is 6.83. The molecule has 3 aromatic rings. The van der Waals surface area contributed by atoms with Crippen LogP contribution in [0.2, 0.25) is 0 Å². The first-order chi connectivity index (χ1) is 15.3. The third kappa shape index (κ3) is 5.09. The second kappa shape index (κ2) is 9.73. The lowest BCUT2D eigenvalue weighted by Crippen LogP contribution is -2.17. The number of halogens is 2. The highest BCUT2D eigenvalue weighted by Crippen LogP contribution is 2.20. The minimum absolute atomic E-state index is 0.0387. The molecule has 0 saturated carbocycles. The Balaban J connectivity index is 1.74. The number of ether oxygens (including phenoxy) is 1. The van der Waals surface area contributed by atoms with E-state index >= 15 is 0 Å². The minimum atomic E-state index is -2.61. The SMILES string of the molecule is C=CN(/C=C(\C)C(N)=O)c1ccc(OCc2c(C)nnn2-c2ccc(C(F)F)cn2)nn1. The lowest BCUT2D eigenvalue weighted by Gasteiger charge is -2.14. The van der Waals surface area contributed by atoms with Crippen LogP contribution in [0.15, 0.2) is 55.0 Å². The van der Waals surface area contributed by atoms with Gasteiger partial charge in [0, 0.05) is 35.8 Å². The van der Waals surface area contributed by atoms with Crippen molar-refractivity contribution in [3.05, 3.63) is 72.0 Å². The fourth-order valence-electron chi connectivity index (χ4n) is 2.53. The maximum Gasteiger partial charge on any atom is 0.265 e. The van der Waals surface area contributed by atoms with Crippen molar-refractivity contribution in [3.8, 4) is 11.7 Å². The first-order valence-corrected chi connectivity index (χ1v) is 9.31. The largest absolute Gasteiger partial charge is 0.470 e. The number of carbonyl (C=O) groups excluding carboxylic acids is 1. The number of anilines is 1. The molecular weight excluding hydrogens is 422 g/mol. The number of carbonyl (C=O) groups is 1. The zero-order chi connectivity index (χ0) is 23.3. The molecule has 10 nitrogen and oxygen atoms in total. The first-order valence-electron chi connectivity index (χ1n) is 9.31. The van der Waals surface area contributed by atoms with Crippen molar-refractivity contribution in [2.24, 2.45) is 5.73 Å². The molecular formula is C20H20F2N8O2. The molecule has 0 saturated heterocycles. The molecule has 0 aliphatic carbocycles. The minimum Gasteiger partial charge on any atom is -0.470 e. The van der Waals surface area contributed by atoms with E-state index in [1.54, 1.807) is 26.0 Å². The molecule has 3 heterocycles. The Hall–Kier alpha value is -4.22. The summed E-state index contributed by atoms with van der Waals surface area (Å²) in [6.45, 7) is 7.01. The second-order valence-electron chi connectivity index (χ2n) is 6.57. The number of pyridine rings is 1. The molecule has 2 N–H and O–H groups in total. The smallest absolute Gasteiger partial charge is 0.265 e. The molecule has 3 aromatic heterocycles. The van der Waals surface area contributed by atoms with E-state index in [-0.39, 0.29) is 18.1 Å². The molecule has 166 valence electrons. The summed E-state index contributed by atoms with van der Waals surface area (Å²) < 4.78 is 32.6. The fourth-order valence-corrected chi connectivity index (χ4v) is 2.53. The summed E-state index contributed by atoms with van der Waals surface area (Å²) in [5.41, 5.74) is 6.52. The Morgan fingerprint density at radius 3 is 2.62 bits per heavy atom. The van der Waals surface area contributed by atoms with Gasteiger partial charge in [0.2, 0.25) is 11.8 Å². The molecule has 1 amide bonds. The van der Waals surface area contributed by atoms with Gasteiger partial charge in [0.1, 0.15) is 12.3 Å². The van der Waals surface area contributed by atoms with Crippen LogP contribution in [0.1, 0.15) is 30.3 Å². The lowest BCUT2D eigenvalue weighted by molar-refractivity contribution is -0.114. The summed E-state index contributed by atoms with van der Waals surface area (Å²) in [5, 5.41) is 16.1. The van der Waals surface area contributed by atoms with Gasteiger partial charge >= 0.3 is 0 Å². The van der Waals surface area contributed by atoms with E-state index < -0.39 is 12.3 Å². The van der Waals surface area contributed by atoms with Gasteiger partial charge in [-0.05, 0) is 32.0 Å². The molecule has 0 atom stereocenters. The van der Waals surface area contributed by atoms with Crippen LogP contribution >= 0.6 is 0 Å². The van der Waals surface area contributed by atoms with Crippen molar-refractivity contribution in [1.29, 1.82) is 0 Å². The van der Waals surface area contributed by atoms with Crippen LogP contribution in [0, 0.1) is 6.92 Å². The Morgan fingerprint density at radius 1 is 1.28 bits per heavy atom. The Bertz CT molecular complexity index is 1130. The highest BCUT2D eigenvalue weighted by Gasteiger charge is 2.15. The van der Waals surface area contributed by atoms with E-state index in [1.807, 2.05) is 0 Å². The monoisotopic (exact) mass is 442 g/mol. The zero-order valence-corrected chi connectivity index (χ0v) is 17.3. The number of hydrogen-bond donors (Lipinski definition) is 1. The summed E-state index contributed by atoms with van der Waals surface area (Å²) in [4.78, 5) is 16.7. The quantitative estimate of drug-likeness (QED) is 0.502. The van der Waals surface area contributed by atoms with Gasteiger partial charge in [0.25, 0.3) is 6.43 Å². The predicted octanol–water partition coefficient (Wildman–Crippen LogP) is 2.62. The molecule has 0 aliphatic rings. The van der Waals surface area contributed by atoms with Gasteiger partial charge in [-0.25, -0.2) is 13.8 Å². The summed E-state index contributed by atoms with van der Waals surface area (Å²) in [6.07, 6.45) is 1.42. The van der Waals surface area contributed by atoms with Crippen molar-refractivity contribution in [3.63, 3.8) is 0 Å². The number of nitrogens with two attached hydrogens (primary N) is 1. The van der Waals surface area contributed by atoms with Crippen LogP contribution in [-0.2, 0) is 11.4 Å². The second-order valence-corrected chi connectivity index (χ2v) is 6.57. The van der Waals surface area contributed by atoms with Crippen molar-refractivity contribution in [1.82, 2.24) is 30.2 Å². The molecule has 0 spiro atoms. The average molecular weight is 442 g/mol. The van der Waals surface area contributed by atoms with Gasteiger partial charge in [-0.3, -0.25) is 4.79 Å². The van der Waals surface area contributed by atoms with Crippen LogP contribution in [0.25, 0.3) is 5.82 Å². The molecule has 32 heavy (non-hydrogen) atoms. The first kappa shape index (κ1) is 22.5. The van der Waals surface area contributed by atoms with Crippen LogP contribution < -0.4 is 15.4 Å². The molecule has 0 radical (unpaired) electrons. The topological polar surface area (TPSA) is 125 Å². The highest BCUT2D eigenvalue weighted by molar-refractivity contribution is 5.91. The van der Waals surface area contributed by atoms with E-state index in [9.17, 15) is 13.6 Å². The fraction of sp³-hybridized carbons (Fsp3) is 0.200. The van der Waals surface area contributed by atoms with E-state index in [0.29, 0.717) is 28.6 Å². The van der Waals surface area contributed by atoms with E-state index in [4.69, 9.17) is 10.5 Å². The number of amides is 1. The molecule has 3 rings (SSSR count). The maximum absolute atomic E-state index is 12.8. The van der Waals surface area contributed by atoms with Crippen LogP contribution in [0.5, 0.6) is 5.88 Å². The van der Waals surface area contributed by atoms with Crippen molar-refractivity contribution in [2.75, 3.05) is 4.90 Å². The molecule has 0 fully saturated rings. The summed E-state index contributed by atoms with van der Waals surface area (Å²) in [7, 11) is 0. The number of aryl methyl sites for hydroxylation is 1. The number of aromatic nitrogens is 6. The van der Waals surface area contributed by atoms with Gasteiger partial charge in [0.15, 0.2) is 11.6 Å². The van der Waals surface area contributed by atoms with Crippen LogP contribution in [0.4, 0.5) is 14.6 Å². The number of hydrogen-bond acceptors (Lipinski definition) is 8. The van der Waals surface area contributed by atoms with Gasteiger partial charge < -0.3 is 15.4 Å². The third-order valence-electron chi connectivity index (χ3n) is 4.36. The molecule has 0 aromatic carbocycles. The van der Waals surface area contributed by atoms with Crippen LogP contribution in [0.3, 0.4) is 0 Å². The summed E-state index contributed by atoms with van der Waals surface area (Å²) in [5.74, 6) is 0.387. The normalized spacial score (nSPS) is 11.5. The van der Waals surface area contributed by atoms with Gasteiger partial charge in [0.05, 0.1) is 5.69 Å². The van der Waals surface area contributed by atoms with E-state index in [2.05, 4.69) is 32.1 Å². The predicted molar refractivity (Wildman–Crippen MR) is 111 cm³/mol. The summed E-state index contributed by atoms with van der Waals surface area (Å²) >= 11 is 0. The molecule has 0 bridgehead atoms. The van der Waals surface area contributed by atoms with Crippen molar-refractivity contribution < 1.29 is 18.3 Å². The zero-order valence-electron chi connectivity index (χ0n) is 17.3. The molecule has 12 heteroatoms. The highest BCUT2D eigenvalue weighted by atomic mass is 19.3.